The molecular formula is C24H33NO. The first-order valence-corrected chi connectivity index (χ1v) is 10.6. The van der Waals surface area contributed by atoms with E-state index < -0.39 is 5.92 Å². The van der Waals surface area contributed by atoms with E-state index in [0.29, 0.717) is 17.3 Å². The molecule has 0 saturated heterocycles. The fraction of sp³-hybridized carbons (Fsp3) is 0.750. The van der Waals surface area contributed by atoms with Gasteiger partial charge in [0.05, 0.1) is 6.07 Å². The van der Waals surface area contributed by atoms with Crippen LogP contribution in [0, 0.1) is 51.8 Å². The van der Waals surface area contributed by atoms with E-state index in [1.54, 1.807) is 5.57 Å². The van der Waals surface area contributed by atoms with Crippen LogP contribution in [0.4, 0.5) is 0 Å². The van der Waals surface area contributed by atoms with Crippen molar-refractivity contribution in [1.82, 2.24) is 0 Å². The molecule has 0 heterocycles. The van der Waals surface area contributed by atoms with Crippen molar-refractivity contribution >= 4 is 5.78 Å². The Bertz CT molecular complexity index is 725. The van der Waals surface area contributed by atoms with Gasteiger partial charge in [-0.2, -0.15) is 5.26 Å². The van der Waals surface area contributed by atoms with Crippen molar-refractivity contribution in [3.8, 4) is 6.07 Å². The highest BCUT2D eigenvalue weighted by Crippen LogP contribution is 2.67. The molecule has 0 N–H and O–H groups in total. The minimum Gasteiger partial charge on any atom is -0.293 e. The second-order valence-electron chi connectivity index (χ2n) is 10.2. The van der Waals surface area contributed by atoms with Crippen LogP contribution in [0.5, 0.6) is 0 Å². The molecule has 0 bridgehead atoms. The molecule has 2 heteroatoms. The van der Waals surface area contributed by atoms with Gasteiger partial charge in [-0.1, -0.05) is 44.9 Å². The summed E-state index contributed by atoms with van der Waals surface area (Å²) in [5.41, 5.74) is 3.57. The first kappa shape index (κ1) is 18.0. The molecule has 0 aromatic rings. The topological polar surface area (TPSA) is 40.9 Å². The van der Waals surface area contributed by atoms with Gasteiger partial charge in [0.1, 0.15) is 5.92 Å². The third-order valence-corrected chi connectivity index (χ3v) is 8.65. The summed E-state index contributed by atoms with van der Waals surface area (Å²) < 4.78 is 0. The minimum atomic E-state index is -0.426. The lowest BCUT2D eigenvalue weighted by molar-refractivity contribution is -0.121. The second-order valence-corrected chi connectivity index (χ2v) is 10.2. The van der Waals surface area contributed by atoms with Crippen molar-refractivity contribution in [2.45, 2.75) is 72.6 Å². The van der Waals surface area contributed by atoms with Gasteiger partial charge in [0.15, 0.2) is 5.78 Å². The predicted octanol–water partition coefficient (Wildman–Crippen LogP) is 5.85. The lowest BCUT2D eigenvalue weighted by Gasteiger charge is -2.59. The van der Waals surface area contributed by atoms with Crippen LogP contribution >= 0.6 is 0 Å². The average molecular weight is 352 g/mol. The molecule has 3 fully saturated rings. The number of carbonyl (C=O) groups is 1. The van der Waals surface area contributed by atoms with Gasteiger partial charge in [0.25, 0.3) is 0 Å². The molecule has 0 radical (unpaired) electrons. The zero-order valence-corrected chi connectivity index (χ0v) is 16.8. The quantitative estimate of drug-likeness (QED) is 0.556. The van der Waals surface area contributed by atoms with E-state index >= 15 is 0 Å². The molecular weight excluding hydrogens is 318 g/mol. The van der Waals surface area contributed by atoms with Gasteiger partial charge in [0, 0.05) is 0 Å². The Hall–Kier alpha value is -1.36. The largest absolute Gasteiger partial charge is 0.293 e. The molecule has 4 rings (SSSR count). The minimum absolute atomic E-state index is 0.0558. The van der Waals surface area contributed by atoms with Crippen molar-refractivity contribution in [3.63, 3.8) is 0 Å². The first-order chi connectivity index (χ1) is 12.3. The molecule has 0 aromatic carbocycles. The van der Waals surface area contributed by atoms with Gasteiger partial charge in [-0.15, -0.1) is 0 Å². The number of rotatable bonds is 1. The van der Waals surface area contributed by atoms with E-state index in [0.717, 1.165) is 31.1 Å². The molecule has 0 aromatic heterocycles. The highest BCUT2D eigenvalue weighted by molar-refractivity contribution is 5.95. The summed E-state index contributed by atoms with van der Waals surface area (Å²) in [7, 11) is 0. The maximum Gasteiger partial charge on any atom is 0.172 e. The van der Waals surface area contributed by atoms with Gasteiger partial charge in [-0.05, 0) is 85.5 Å². The Morgan fingerprint density at radius 2 is 2.08 bits per heavy atom. The van der Waals surface area contributed by atoms with Crippen LogP contribution in [0.1, 0.15) is 72.6 Å². The van der Waals surface area contributed by atoms with Crippen molar-refractivity contribution < 1.29 is 4.79 Å². The SMILES string of the molecule is CCC=C1C[C@H]2[C@@H]3[C@H](C)CC4=CC(=O)[C@H](C#N)C[C@]4(C)[C@H]3CC[C@]2(C)C1. The van der Waals surface area contributed by atoms with E-state index in [4.69, 9.17) is 0 Å². The number of fused-ring (bicyclic) bond motifs is 5. The molecule has 4 aliphatic carbocycles. The van der Waals surface area contributed by atoms with E-state index in [1.165, 1.54) is 31.3 Å². The fourth-order valence-corrected chi connectivity index (χ4v) is 7.43. The number of hydrogen-bond donors (Lipinski definition) is 0. The molecule has 4 aliphatic rings. The average Bonchev–Trinajstić information content (AvgIpc) is 2.92. The maximum atomic E-state index is 12.3. The van der Waals surface area contributed by atoms with Crippen LogP contribution in [-0.2, 0) is 4.79 Å². The van der Waals surface area contributed by atoms with Crippen LogP contribution in [-0.4, -0.2) is 5.78 Å². The van der Waals surface area contributed by atoms with Crippen LogP contribution < -0.4 is 0 Å². The Balaban J connectivity index is 1.72. The smallest absolute Gasteiger partial charge is 0.172 e. The lowest BCUT2D eigenvalue weighted by Crippen LogP contribution is -2.53. The number of nitrogens with zero attached hydrogens (tertiary/aromatic N) is 1. The molecule has 0 aliphatic heterocycles. The molecule has 0 spiro atoms. The van der Waals surface area contributed by atoms with Gasteiger partial charge < -0.3 is 0 Å². The standard InChI is InChI=1S/C24H33NO/c1-5-6-16-10-20-22-15(2)9-18-11-21(26)17(14-25)13-24(18,4)19(22)7-8-23(20,3)12-16/h6,11,15,17,19-20,22H,5,7-10,12-13H2,1-4H3/t15-,17+,19+,20+,22-,23-,24+/m1/s1. The summed E-state index contributed by atoms with van der Waals surface area (Å²) in [4.78, 5) is 12.3. The second kappa shape index (κ2) is 6.08. The number of carbonyl (C=O) groups excluding carboxylic acids is 1. The van der Waals surface area contributed by atoms with E-state index in [9.17, 15) is 10.1 Å². The number of ketones is 1. The normalized spacial score (nSPS) is 49.0. The summed E-state index contributed by atoms with van der Waals surface area (Å²) in [5.74, 6) is 2.44. The summed E-state index contributed by atoms with van der Waals surface area (Å²) in [5, 5.41) is 9.49. The van der Waals surface area contributed by atoms with Crippen molar-refractivity contribution in [3.05, 3.63) is 23.3 Å². The van der Waals surface area contributed by atoms with Crippen molar-refractivity contribution in [1.29, 1.82) is 5.26 Å². The Morgan fingerprint density at radius 3 is 2.77 bits per heavy atom. The zero-order valence-electron chi connectivity index (χ0n) is 16.8. The van der Waals surface area contributed by atoms with E-state index in [2.05, 4.69) is 39.8 Å². The fourth-order valence-electron chi connectivity index (χ4n) is 7.43. The molecule has 26 heavy (non-hydrogen) atoms. The third kappa shape index (κ3) is 2.46. The van der Waals surface area contributed by atoms with Crippen LogP contribution in [0.3, 0.4) is 0 Å². The van der Waals surface area contributed by atoms with Gasteiger partial charge >= 0.3 is 0 Å². The predicted molar refractivity (Wildman–Crippen MR) is 104 cm³/mol. The van der Waals surface area contributed by atoms with Crippen molar-refractivity contribution in [2.75, 3.05) is 0 Å². The molecule has 140 valence electrons. The summed E-state index contributed by atoms with van der Waals surface area (Å²) in [6.07, 6.45) is 12.5. The summed E-state index contributed by atoms with van der Waals surface area (Å²) >= 11 is 0. The monoisotopic (exact) mass is 351 g/mol. The molecule has 7 atom stereocenters. The molecule has 3 saturated carbocycles. The molecule has 2 nitrogen and oxygen atoms in total. The van der Waals surface area contributed by atoms with Crippen LogP contribution in [0.2, 0.25) is 0 Å². The van der Waals surface area contributed by atoms with E-state index in [1.807, 2.05) is 6.08 Å². The molecule has 0 amide bonds. The zero-order chi connectivity index (χ0) is 18.7. The number of hydrogen-bond acceptors (Lipinski definition) is 2. The van der Waals surface area contributed by atoms with Crippen LogP contribution in [0.25, 0.3) is 0 Å². The van der Waals surface area contributed by atoms with Gasteiger partial charge in [0.2, 0.25) is 0 Å². The Kier molecular flexibility index (Phi) is 4.22. The number of allylic oxidation sites excluding steroid dienone is 3. The van der Waals surface area contributed by atoms with Gasteiger partial charge in [-0.25, -0.2) is 0 Å². The van der Waals surface area contributed by atoms with Crippen LogP contribution in [0.15, 0.2) is 23.3 Å². The van der Waals surface area contributed by atoms with E-state index in [-0.39, 0.29) is 11.2 Å². The molecule has 0 unspecified atom stereocenters. The number of nitriles is 1. The summed E-state index contributed by atoms with van der Waals surface area (Å²) in [6.45, 7) is 9.58. The Morgan fingerprint density at radius 1 is 1.31 bits per heavy atom. The highest BCUT2D eigenvalue weighted by Gasteiger charge is 2.59. The van der Waals surface area contributed by atoms with Crippen molar-refractivity contribution in [2.24, 2.45) is 40.4 Å². The van der Waals surface area contributed by atoms with Gasteiger partial charge in [-0.3, -0.25) is 4.79 Å². The Labute approximate surface area is 158 Å². The summed E-state index contributed by atoms with van der Waals surface area (Å²) in [6, 6.07) is 2.29. The first-order valence-electron chi connectivity index (χ1n) is 10.6. The third-order valence-electron chi connectivity index (χ3n) is 8.65. The lowest BCUT2D eigenvalue weighted by atomic mass is 9.45. The maximum absolute atomic E-state index is 12.3. The highest BCUT2D eigenvalue weighted by atomic mass is 16.1.